The van der Waals surface area contributed by atoms with Gasteiger partial charge in [0.2, 0.25) is 0 Å². The van der Waals surface area contributed by atoms with Gasteiger partial charge in [0.15, 0.2) is 6.61 Å². The van der Waals surface area contributed by atoms with E-state index in [1.165, 1.54) is 11.3 Å². The number of amides is 1. The van der Waals surface area contributed by atoms with Crippen molar-refractivity contribution in [3.8, 4) is 10.6 Å². The van der Waals surface area contributed by atoms with Crippen molar-refractivity contribution in [1.29, 1.82) is 0 Å². The number of benzene rings is 1. The molecule has 0 aliphatic rings. The Balaban J connectivity index is 1.48. The van der Waals surface area contributed by atoms with Crippen LogP contribution in [-0.4, -0.2) is 28.5 Å². The van der Waals surface area contributed by atoms with Crippen LogP contribution in [0.4, 0.5) is 5.69 Å². The molecule has 7 heteroatoms. The molecule has 0 aliphatic carbocycles. The van der Waals surface area contributed by atoms with Crippen LogP contribution in [0.2, 0.25) is 0 Å². The number of pyridine rings is 1. The Hall–Kier alpha value is -3.06. The molecule has 3 aromatic rings. The van der Waals surface area contributed by atoms with Gasteiger partial charge in [0.25, 0.3) is 5.91 Å². The summed E-state index contributed by atoms with van der Waals surface area (Å²) in [6.45, 7) is 1.72. The van der Waals surface area contributed by atoms with Gasteiger partial charge in [0.05, 0.1) is 12.1 Å². The molecule has 0 saturated carbocycles. The second-order valence-electron chi connectivity index (χ2n) is 5.83. The Labute approximate surface area is 161 Å². The first-order chi connectivity index (χ1) is 13.1. The van der Waals surface area contributed by atoms with Crippen LogP contribution in [0.25, 0.3) is 10.6 Å². The van der Waals surface area contributed by atoms with Crippen molar-refractivity contribution in [2.45, 2.75) is 19.8 Å². The highest BCUT2D eigenvalue weighted by molar-refractivity contribution is 7.13. The van der Waals surface area contributed by atoms with Crippen LogP contribution in [0, 0.1) is 0 Å². The molecule has 0 spiro atoms. The van der Waals surface area contributed by atoms with Crippen LogP contribution in [0.1, 0.15) is 18.2 Å². The van der Waals surface area contributed by atoms with E-state index in [4.69, 9.17) is 4.74 Å². The van der Waals surface area contributed by atoms with E-state index in [0.717, 1.165) is 22.6 Å². The van der Waals surface area contributed by atoms with E-state index in [2.05, 4.69) is 15.3 Å². The first-order valence-electron chi connectivity index (χ1n) is 8.53. The zero-order chi connectivity index (χ0) is 19.1. The summed E-state index contributed by atoms with van der Waals surface area (Å²) in [6.07, 6.45) is 4.32. The number of rotatable bonds is 7. The molecule has 0 bridgehead atoms. The van der Waals surface area contributed by atoms with Crippen molar-refractivity contribution in [1.82, 2.24) is 9.97 Å². The van der Waals surface area contributed by atoms with E-state index in [1.807, 2.05) is 37.3 Å². The summed E-state index contributed by atoms with van der Waals surface area (Å²) in [5.74, 6) is -0.860. The molecule has 2 heterocycles. The fourth-order valence-electron chi connectivity index (χ4n) is 2.42. The third kappa shape index (κ3) is 5.46. The Bertz CT molecular complexity index is 925. The maximum absolute atomic E-state index is 12.0. The molecule has 0 unspecified atom stereocenters. The van der Waals surface area contributed by atoms with E-state index >= 15 is 0 Å². The zero-order valence-electron chi connectivity index (χ0n) is 14.8. The number of aryl methyl sites for hydroxylation is 1. The average Bonchev–Trinajstić information content (AvgIpc) is 3.15. The smallest absolute Gasteiger partial charge is 0.312 e. The second-order valence-corrected chi connectivity index (χ2v) is 6.68. The monoisotopic (exact) mass is 381 g/mol. The van der Waals surface area contributed by atoms with E-state index in [-0.39, 0.29) is 18.9 Å². The summed E-state index contributed by atoms with van der Waals surface area (Å²) in [5, 5.41) is 5.32. The number of hydrogen-bond donors (Lipinski definition) is 1. The van der Waals surface area contributed by atoms with Gasteiger partial charge in [-0.1, -0.05) is 19.1 Å². The van der Waals surface area contributed by atoms with Gasteiger partial charge < -0.3 is 10.1 Å². The number of thiazole rings is 1. The lowest BCUT2D eigenvalue weighted by Crippen LogP contribution is -2.21. The Morgan fingerprint density at radius 3 is 2.89 bits per heavy atom. The predicted molar refractivity (Wildman–Crippen MR) is 104 cm³/mol. The van der Waals surface area contributed by atoms with E-state index in [9.17, 15) is 9.59 Å². The summed E-state index contributed by atoms with van der Waals surface area (Å²) in [6, 6.07) is 11.3. The van der Waals surface area contributed by atoms with Crippen LogP contribution in [0.3, 0.4) is 0 Å². The molecule has 0 radical (unpaired) electrons. The molecule has 138 valence electrons. The minimum absolute atomic E-state index is 0.0232. The SMILES string of the molecule is CCc1cccc(NC(=O)COC(=O)Cc2csc(-c3cccnc3)n2)c1. The van der Waals surface area contributed by atoms with Crippen LogP contribution >= 0.6 is 11.3 Å². The average molecular weight is 381 g/mol. The highest BCUT2D eigenvalue weighted by Crippen LogP contribution is 2.22. The molecule has 6 nitrogen and oxygen atoms in total. The maximum atomic E-state index is 12.0. The van der Waals surface area contributed by atoms with E-state index in [0.29, 0.717) is 11.4 Å². The van der Waals surface area contributed by atoms with Gasteiger partial charge in [0.1, 0.15) is 5.01 Å². The Morgan fingerprint density at radius 1 is 1.22 bits per heavy atom. The number of anilines is 1. The van der Waals surface area contributed by atoms with Crippen molar-refractivity contribution in [2.75, 3.05) is 11.9 Å². The summed E-state index contributed by atoms with van der Waals surface area (Å²) in [5.41, 5.74) is 3.32. The van der Waals surface area contributed by atoms with Crippen molar-refractivity contribution in [3.63, 3.8) is 0 Å². The van der Waals surface area contributed by atoms with Crippen molar-refractivity contribution in [2.24, 2.45) is 0 Å². The first-order valence-corrected chi connectivity index (χ1v) is 9.41. The normalized spacial score (nSPS) is 10.4. The van der Waals surface area contributed by atoms with Crippen molar-refractivity contribution >= 4 is 28.9 Å². The van der Waals surface area contributed by atoms with E-state index < -0.39 is 5.97 Å². The number of aromatic nitrogens is 2. The maximum Gasteiger partial charge on any atom is 0.312 e. The first kappa shape index (κ1) is 18.7. The Kier molecular flexibility index (Phi) is 6.27. The summed E-state index contributed by atoms with van der Waals surface area (Å²) < 4.78 is 5.05. The van der Waals surface area contributed by atoms with Crippen LogP contribution in [0.15, 0.2) is 54.2 Å². The van der Waals surface area contributed by atoms with Gasteiger partial charge in [-0.05, 0) is 36.2 Å². The number of nitrogens with one attached hydrogen (secondary N) is 1. The lowest BCUT2D eigenvalue weighted by Gasteiger charge is -2.07. The fraction of sp³-hybridized carbons (Fsp3) is 0.200. The Morgan fingerprint density at radius 2 is 2.11 bits per heavy atom. The molecular formula is C20H19N3O3S. The summed E-state index contributed by atoms with van der Waals surface area (Å²) in [4.78, 5) is 32.4. The van der Waals surface area contributed by atoms with Crippen molar-refractivity contribution < 1.29 is 14.3 Å². The molecule has 2 aromatic heterocycles. The van der Waals surface area contributed by atoms with Crippen LogP contribution < -0.4 is 5.32 Å². The number of hydrogen-bond acceptors (Lipinski definition) is 6. The molecule has 27 heavy (non-hydrogen) atoms. The molecule has 1 amide bonds. The van der Waals surface area contributed by atoms with Crippen LogP contribution in [0.5, 0.6) is 0 Å². The number of carbonyl (C=O) groups excluding carboxylic acids is 2. The standard InChI is InChI=1S/C20H19N3O3S/c1-2-14-5-3-7-16(9-14)22-18(24)12-26-19(25)10-17-13-27-20(23-17)15-6-4-8-21-11-15/h3-9,11,13H,2,10,12H2,1H3,(H,22,24). The van der Waals surface area contributed by atoms with Gasteiger partial charge in [-0.25, -0.2) is 4.98 Å². The van der Waals surface area contributed by atoms with Gasteiger partial charge in [-0.3, -0.25) is 14.6 Å². The fourth-order valence-corrected chi connectivity index (χ4v) is 3.23. The minimum Gasteiger partial charge on any atom is -0.455 e. The molecule has 0 atom stereocenters. The zero-order valence-corrected chi connectivity index (χ0v) is 15.7. The van der Waals surface area contributed by atoms with Gasteiger partial charge in [-0.15, -0.1) is 11.3 Å². The molecule has 0 fully saturated rings. The predicted octanol–water partition coefficient (Wildman–Crippen LogP) is 3.49. The highest BCUT2D eigenvalue weighted by Gasteiger charge is 2.12. The van der Waals surface area contributed by atoms with Gasteiger partial charge in [0, 0.05) is 29.0 Å². The third-order valence-corrected chi connectivity index (χ3v) is 4.71. The minimum atomic E-state index is -0.490. The second kappa shape index (κ2) is 9.05. The van der Waals surface area contributed by atoms with Crippen molar-refractivity contribution in [3.05, 3.63) is 65.4 Å². The molecule has 0 aliphatic heterocycles. The topological polar surface area (TPSA) is 81.2 Å². The summed E-state index contributed by atoms with van der Waals surface area (Å²) >= 11 is 1.44. The van der Waals surface area contributed by atoms with Crippen LogP contribution in [-0.2, 0) is 27.2 Å². The van der Waals surface area contributed by atoms with Gasteiger partial charge in [-0.2, -0.15) is 0 Å². The molecule has 1 aromatic carbocycles. The summed E-state index contributed by atoms with van der Waals surface area (Å²) in [7, 11) is 0. The number of esters is 1. The van der Waals surface area contributed by atoms with E-state index in [1.54, 1.807) is 23.8 Å². The number of nitrogens with zero attached hydrogens (tertiary/aromatic N) is 2. The highest BCUT2D eigenvalue weighted by atomic mass is 32.1. The number of carbonyl (C=O) groups is 2. The molecule has 1 N–H and O–H groups in total. The lowest BCUT2D eigenvalue weighted by atomic mass is 10.1. The molecular weight excluding hydrogens is 362 g/mol. The quantitative estimate of drug-likeness (QED) is 0.634. The van der Waals surface area contributed by atoms with Gasteiger partial charge >= 0.3 is 5.97 Å². The molecule has 3 rings (SSSR count). The number of ether oxygens (including phenoxy) is 1. The lowest BCUT2D eigenvalue weighted by molar-refractivity contribution is -0.146. The third-order valence-electron chi connectivity index (χ3n) is 3.77. The molecule has 0 saturated heterocycles. The largest absolute Gasteiger partial charge is 0.455 e.